The van der Waals surface area contributed by atoms with Crippen molar-refractivity contribution in [3.63, 3.8) is 0 Å². The van der Waals surface area contributed by atoms with E-state index in [1.54, 1.807) is 25.1 Å². The summed E-state index contributed by atoms with van der Waals surface area (Å²) in [5.41, 5.74) is 1.84. The van der Waals surface area contributed by atoms with Gasteiger partial charge in [-0.2, -0.15) is 0 Å². The van der Waals surface area contributed by atoms with Crippen molar-refractivity contribution in [2.75, 3.05) is 30.3 Å². The van der Waals surface area contributed by atoms with Crippen LogP contribution in [0.4, 0.5) is 11.4 Å². The van der Waals surface area contributed by atoms with Crippen LogP contribution in [0.3, 0.4) is 0 Å². The third-order valence-corrected chi connectivity index (χ3v) is 3.77. The zero-order chi connectivity index (χ0) is 16.7. The summed E-state index contributed by atoms with van der Waals surface area (Å²) in [4.78, 5) is 24.1. The predicted octanol–water partition coefficient (Wildman–Crippen LogP) is 2.38. The average molecular weight is 319 g/mol. The largest absolute Gasteiger partial charge is 0.462 e. The van der Waals surface area contributed by atoms with Gasteiger partial charge in [-0.15, -0.1) is 0 Å². The highest BCUT2D eigenvalue weighted by Crippen LogP contribution is 2.24. The van der Waals surface area contributed by atoms with Crippen LogP contribution in [0.25, 0.3) is 0 Å². The lowest BCUT2D eigenvalue weighted by molar-refractivity contribution is -0.116. The molecule has 0 bridgehead atoms. The van der Waals surface area contributed by atoms with E-state index in [1.807, 2.05) is 6.92 Å². The molecule has 1 amide bonds. The molecule has 2 rings (SSSR count). The highest BCUT2D eigenvalue weighted by atomic mass is 16.5. The Balaban J connectivity index is 2.10. The monoisotopic (exact) mass is 319 g/mol. The molecule has 1 aliphatic rings. The van der Waals surface area contributed by atoms with Gasteiger partial charge in [0.05, 0.1) is 23.5 Å². The zero-order valence-electron chi connectivity index (χ0n) is 13.8. The van der Waals surface area contributed by atoms with Gasteiger partial charge >= 0.3 is 5.97 Å². The minimum Gasteiger partial charge on any atom is -0.462 e. The molecule has 126 valence electrons. The molecule has 0 aromatic heterocycles. The van der Waals surface area contributed by atoms with Gasteiger partial charge in [-0.25, -0.2) is 4.79 Å². The Kier molecular flexibility index (Phi) is 6.40. The second-order valence-electron chi connectivity index (χ2n) is 5.56. The van der Waals surface area contributed by atoms with Crippen molar-refractivity contribution in [2.45, 2.75) is 39.2 Å². The maximum atomic E-state index is 12.2. The van der Waals surface area contributed by atoms with Gasteiger partial charge in [-0.3, -0.25) is 4.79 Å². The molecule has 1 aliphatic heterocycles. The molecule has 0 spiro atoms. The Labute approximate surface area is 137 Å². The second-order valence-corrected chi connectivity index (χ2v) is 5.56. The van der Waals surface area contributed by atoms with E-state index in [4.69, 9.17) is 4.74 Å². The smallest absolute Gasteiger partial charge is 0.338 e. The van der Waals surface area contributed by atoms with Crippen molar-refractivity contribution in [3.05, 3.63) is 23.8 Å². The number of carbonyl (C=O) groups is 2. The summed E-state index contributed by atoms with van der Waals surface area (Å²) in [6.45, 7) is 5.77. The molecule has 1 saturated heterocycles. The lowest BCUT2D eigenvalue weighted by Gasteiger charge is -2.15. The van der Waals surface area contributed by atoms with Gasteiger partial charge in [0.15, 0.2) is 0 Å². The highest BCUT2D eigenvalue weighted by Gasteiger charge is 2.19. The SMILES string of the molecule is CCNc1ccc(C(=O)OCC)cc1NC(=O)CC1CCCN1. The normalized spacial score (nSPS) is 16.9. The molecule has 1 fully saturated rings. The molecule has 1 heterocycles. The lowest BCUT2D eigenvalue weighted by Crippen LogP contribution is -2.27. The summed E-state index contributed by atoms with van der Waals surface area (Å²) in [6.07, 6.45) is 2.57. The number of benzene rings is 1. The lowest BCUT2D eigenvalue weighted by atomic mass is 10.1. The van der Waals surface area contributed by atoms with Crippen LogP contribution in [0.2, 0.25) is 0 Å². The number of carbonyl (C=O) groups excluding carboxylic acids is 2. The van der Waals surface area contributed by atoms with Crippen LogP contribution in [0, 0.1) is 0 Å². The first kappa shape index (κ1) is 17.3. The third kappa shape index (κ3) is 4.96. The zero-order valence-corrected chi connectivity index (χ0v) is 13.8. The number of amides is 1. The predicted molar refractivity (Wildman–Crippen MR) is 90.8 cm³/mol. The summed E-state index contributed by atoms with van der Waals surface area (Å²) < 4.78 is 5.01. The van der Waals surface area contributed by atoms with Gasteiger partial charge in [0, 0.05) is 19.0 Å². The Morgan fingerprint density at radius 2 is 2.13 bits per heavy atom. The Morgan fingerprint density at radius 1 is 1.30 bits per heavy atom. The van der Waals surface area contributed by atoms with E-state index in [0.29, 0.717) is 24.3 Å². The Bertz CT molecular complexity index is 554. The third-order valence-electron chi connectivity index (χ3n) is 3.77. The fraction of sp³-hybridized carbons (Fsp3) is 0.529. The number of ether oxygens (including phenoxy) is 1. The van der Waals surface area contributed by atoms with Crippen LogP contribution in [0.1, 0.15) is 43.5 Å². The molecule has 1 aromatic rings. The topological polar surface area (TPSA) is 79.5 Å². The molecule has 6 nitrogen and oxygen atoms in total. The van der Waals surface area contributed by atoms with Crippen LogP contribution in [0.5, 0.6) is 0 Å². The van der Waals surface area contributed by atoms with Gasteiger partial charge in [0.1, 0.15) is 0 Å². The number of anilines is 2. The molecule has 23 heavy (non-hydrogen) atoms. The maximum Gasteiger partial charge on any atom is 0.338 e. The van der Waals surface area contributed by atoms with Crippen LogP contribution in [-0.4, -0.2) is 37.6 Å². The molecule has 0 radical (unpaired) electrons. The summed E-state index contributed by atoms with van der Waals surface area (Å²) in [7, 11) is 0. The van der Waals surface area contributed by atoms with Crippen LogP contribution in [-0.2, 0) is 9.53 Å². The number of hydrogen-bond donors (Lipinski definition) is 3. The molecule has 0 aliphatic carbocycles. The molecule has 1 unspecified atom stereocenters. The van der Waals surface area contributed by atoms with E-state index in [0.717, 1.165) is 31.6 Å². The standard InChI is InChI=1S/C17H25N3O3/c1-3-18-14-8-7-12(17(22)23-4-2)10-15(14)20-16(21)11-13-6-5-9-19-13/h7-8,10,13,18-19H,3-6,9,11H2,1-2H3,(H,20,21). The summed E-state index contributed by atoms with van der Waals surface area (Å²) >= 11 is 0. The number of rotatable bonds is 7. The fourth-order valence-corrected chi connectivity index (χ4v) is 2.69. The number of esters is 1. The highest BCUT2D eigenvalue weighted by molar-refractivity contribution is 5.98. The second kappa shape index (κ2) is 8.53. The summed E-state index contributed by atoms with van der Waals surface area (Å²) in [6, 6.07) is 5.39. The maximum absolute atomic E-state index is 12.2. The number of nitrogens with one attached hydrogen (secondary N) is 3. The molecule has 0 saturated carbocycles. The van der Waals surface area contributed by atoms with E-state index in [1.165, 1.54) is 0 Å². The molecule has 1 aromatic carbocycles. The first-order chi connectivity index (χ1) is 11.1. The quantitative estimate of drug-likeness (QED) is 0.673. The van der Waals surface area contributed by atoms with Gasteiger partial charge < -0.3 is 20.7 Å². The van der Waals surface area contributed by atoms with Crippen LogP contribution >= 0.6 is 0 Å². The molecule has 3 N–H and O–H groups in total. The minimum atomic E-state index is -0.386. The molecular formula is C17H25N3O3. The van der Waals surface area contributed by atoms with E-state index in [9.17, 15) is 9.59 Å². The van der Waals surface area contributed by atoms with E-state index in [-0.39, 0.29) is 17.9 Å². The van der Waals surface area contributed by atoms with Gasteiger partial charge in [0.2, 0.25) is 5.91 Å². The van der Waals surface area contributed by atoms with Crippen LogP contribution < -0.4 is 16.0 Å². The number of hydrogen-bond acceptors (Lipinski definition) is 5. The first-order valence-corrected chi connectivity index (χ1v) is 8.22. The van der Waals surface area contributed by atoms with Gasteiger partial charge in [0.25, 0.3) is 0 Å². The Hall–Kier alpha value is -2.08. The molecular weight excluding hydrogens is 294 g/mol. The van der Waals surface area contributed by atoms with Crippen molar-refractivity contribution >= 4 is 23.3 Å². The van der Waals surface area contributed by atoms with Crippen molar-refractivity contribution in [1.29, 1.82) is 0 Å². The van der Waals surface area contributed by atoms with E-state index < -0.39 is 0 Å². The molecule has 6 heteroatoms. The van der Waals surface area contributed by atoms with Crippen LogP contribution in [0.15, 0.2) is 18.2 Å². The Morgan fingerprint density at radius 3 is 2.78 bits per heavy atom. The summed E-state index contributed by atoms with van der Waals surface area (Å²) in [5, 5.41) is 9.41. The van der Waals surface area contributed by atoms with E-state index in [2.05, 4.69) is 16.0 Å². The van der Waals surface area contributed by atoms with Crippen molar-refractivity contribution < 1.29 is 14.3 Å². The van der Waals surface area contributed by atoms with Gasteiger partial charge in [-0.1, -0.05) is 0 Å². The van der Waals surface area contributed by atoms with E-state index >= 15 is 0 Å². The van der Waals surface area contributed by atoms with Crippen molar-refractivity contribution in [2.24, 2.45) is 0 Å². The van der Waals surface area contributed by atoms with Crippen molar-refractivity contribution in [3.8, 4) is 0 Å². The van der Waals surface area contributed by atoms with Crippen molar-refractivity contribution in [1.82, 2.24) is 5.32 Å². The minimum absolute atomic E-state index is 0.0513. The van der Waals surface area contributed by atoms with Gasteiger partial charge in [-0.05, 0) is 51.4 Å². The molecule has 1 atom stereocenters. The summed E-state index contributed by atoms with van der Waals surface area (Å²) in [5.74, 6) is -0.437. The first-order valence-electron chi connectivity index (χ1n) is 8.22. The average Bonchev–Trinajstić information content (AvgIpc) is 3.02. The fourth-order valence-electron chi connectivity index (χ4n) is 2.69.